The van der Waals surface area contributed by atoms with Crippen LogP contribution in [0.25, 0.3) is 0 Å². The van der Waals surface area contributed by atoms with E-state index in [9.17, 15) is 18.0 Å². The van der Waals surface area contributed by atoms with E-state index in [0.717, 1.165) is 36.4 Å². The number of alkyl halides is 3. The molecule has 0 saturated heterocycles. The number of fused-ring (bicyclic) bond motifs is 1. The normalized spacial score (nSPS) is 13.2. The van der Waals surface area contributed by atoms with Crippen LogP contribution in [0, 0.1) is 0 Å². The summed E-state index contributed by atoms with van der Waals surface area (Å²) in [6.45, 7) is 2.64. The first-order chi connectivity index (χ1) is 14.3. The average Bonchev–Trinajstić information content (AvgIpc) is 3.12. The predicted octanol–water partition coefficient (Wildman–Crippen LogP) is 4.59. The number of carbonyl (C=O) groups is 1. The molecular weight excluding hydrogens is 397 g/mol. The number of ether oxygens (including phenoxy) is 2. The number of aryl methyl sites for hydroxylation is 1. The third-order valence-corrected chi connectivity index (χ3v) is 5.00. The summed E-state index contributed by atoms with van der Waals surface area (Å²) in [4.78, 5) is 14.6. The number of nitrogens with zero attached hydrogens (tertiary/aromatic N) is 1. The predicted molar refractivity (Wildman–Crippen MR) is 110 cm³/mol. The molecule has 30 heavy (non-hydrogen) atoms. The minimum atomic E-state index is -4.42. The van der Waals surface area contributed by atoms with Crippen molar-refractivity contribution in [2.75, 3.05) is 37.0 Å². The topological polar surface area (TPSA) is 50.8 Å². The molecule has 1 aliphatic heterocycles. The summed E-state index contributed by atoms with van der Waals surface area (Å²) in [5.74, 6) is 0.0874. The maximum Gasteiger partial charge on any atom is 0.422 e. The highest BCUT2D eigenvalue weighted by molar-refractivity contribution is 5.91. The second kappa shape index (κ2) is 9.28. The standard InChI is InChI=1S/C22H25F3N2O3/c1-3-27-11-10-16-6-7-17(13-18(16)27)26-21(28)9-5-15-4-8-19(20(12-15)29-2)30-14-22(23,24)25/h4,6-8,12-13H,3,5,9-11,14H2,1-2H3,(H,26,28). The number of amides is 1. The molecule has 0 bridgehead atoms. The summed E-state index contributed by atoms with van der Waals surface area (Å²) in [7, 11) is 1.36. The number of rotatable bonds is 8. The van der Waals surface area contributed by atoms with E-state index in [0.29, 0.717) is 6.42 Å². The Morgan fingerprint density at radius 1 is 1.17 bits per heavy atom. The second-order valence-corrected chi connectivity index (χ2v) is 7.11. The lowest BCUT2D eigenvalue weighted by Crippen LogP contribution is -2.19. The molecule has 8 heteroatoms. The highest BCUT2D eigenvalue weighted by atomic mass is 19.4. The number of benzene rings is 2. The van der Waals surface area contributed by atoms with Crippen LogP contribution in [0.5, 0.6) is 11.5 Å². The van der Waals surface area contributed by atoms with E-state index in [1.54, 1.807) is 12.1 Å². The molecule has 0 unspecified atom stereocenters. The first-order valence-electron chi connectivity index (χ1n) is 9.83. The van der Waals surface area contributed by atoms with Gasteiger partial charge in [-0.05, 0) is 55.2 Å². The van der Waals surface area contributed by atoms with Crippen LogP contribution in [0.4, 0.5) is 24.5 Å². The fourth-order valence-electron chi connectivity index (χ4n) is 3.48. The molecule has 5 nitrogen and oxygen atoms in total. The van der Waals surface area contributed by atoms with Gasteiger partial charge in [0.05, 0.1) is 7.11 Å². The lowest BCUT2D eigenvalue weighted by Gasteiger charge is -2.17. The van der Waals surface area contributed by atoms with E-state index in [4.69, 9.17) is 9.47 Å². The van der Waals surface area contributed by atoms with E-state index in [2.05, 4.69) is 17.1 Å². The molecule has 1 aliphatic rings. The molecule has 0 atom stereocenters. The minimum absolute atomic E-state index is 0.0154. The van der Waals surface area contributed by atoms with Gasteiger partial charge < -0.3 is 19.7 Å². The molecule has 0 spiro atoms. The fraction of sp³-hybridized carbons (Fsp3) is 0.409. The van der Waals surface area contributed by atoms with Crippen LogP contribution in [0.3, 0.4) is 0 Å². The van der Waals surface area contributed by atoms with E-state index in [1.807, 2.05) is 18.2 Å². The van der Waals surface area contributed by atoms with Gasteiger partial charge in [-0.3, -0.25) is 4.79 Å². The summed E-state index contributed by atoms with van der Waals surface area (Å²) >= 11 is 0. The van der Waals surface area contributed by atoms with Gasteiger partial charge in [-0.25, -0.2) is 0 Å². The summed E-state index contributed by atoms with van der Waals surface area (Å²) in [5, 5.41) is 2.92. The van der Waals surface area contributed by atoms with Crippen molar-refractivity contribution < 1.29 is 27.4 Å². The van der Waals surface area contributed by atoms with E-state index >= 15 is 0 Å². The number of halogens is 3. The van der Waals surface area contributed by atoms with Crippen molar-refractivity contribution in [3.05, 3.63) is 47.5 Å². The molecule has 2 aromatic rings. The number of hydrogen-bond donors (Lipinski definition) is 1. The smallest absolute Gasteiger partial charge is 0.422 e. The van der Waals surface area contributed by atoms with Crippen LogP contribution < -0.4 is 19.7 Å². The van der Waals surface area contributed by atoms with Gasteiger partial charge in [-0.2, -0.15) is 13.2 Å². The van der Waals surface area contributed by atoms with E-state index in [-0.39, 0.29) is 23.8 Å². The molecule has 0 radical (unpaired) electrons. The van der Waals surface area contributed by atoms with Gasteiger partial charge in [0.2, 0.25) is 5.91 Å². The van der Waals surface area contributed by atoms with E-state index in [1.165, 1.54) is 18.7 Å². The quantitative estimate of drug-likeness (QED) is 0.676. The number of nitrogens with one attached hydrogen (secondary N) is 1. The van der Waals surface area contributed by atoms with Crippen molar-refractivity contribution in [2.45, 2.75) is 32.4 Å². The highest BCUT2D eigenvalue weighted by Gasteiger charge is 2.29. The van der Waals surface area contributed by atoms with E-state index < -0.39 is 12.8 Å². The Labute approximate surface area is 173 Å². The Kier molecular flexibility index (Phi) is 6.74. The van der Waals surface area contributed by atoms with Gasteiger partial charge in [0.1, 0.15) is 0 Å². The lowest BCUT2D eigenvalue weighted by molar-refractivity contribution is -0.153. The minimum Gasteiger partial charge on any atom is -0.493 e. The van der Waals surface area contributed by atoms with Crippen molar-refractivity contribution >= 4 is 17.3 Å². The van der Waals surface area contributed by atoms with Crippen LogP contribution in [-0.2, 0) is 17.6 Å². The number of methoxy groups -OCH3 is 1. The van der Waals surface area contributed by atoms with Crippen LogP contribution in [0.15, 0.2) is 36.4 Å². The van der Waals surface area contributed by atoms with Crippen LogP contribution >= 0.6 is 0 Å². The fourth-order valence-corrected chi connectivity index (χ4v) is 3.48. The monoisotopic (exact) mass is 422 g/mol. The highest BCUT2D eigenvalue weighted by Crippen LogP contribution is 2.31. The van der Waals surface area contributed by atoms with Crippen molar-refractivity contribution in [1.82, 2.24) is 0 Å². The van der Waals surface area contributed by atoms with Gasteiger partial charge in [0.25, 0.3) is 0 Å². The van der Waals surface area contributed by atoms with Gasteiger partial charge >= 0.3 is 6.18 Å². The lowest BCUT2D eigenvalue weighted by atomic mass is 10.1. The molecule has 2 aromatic carbocycles. The molecular formula is C22H25F3N2O3. The summed E-state index contributed by atoms with van der Waals surface area (Å²) < 4.78 is 46.9. The van der Waals surface area contributed by atoms with Crippen molar-refractivity contribution in [2.24, 2.45) is 0 Å². The average molecular weight is 422 g/mol. The molecule has 1 amide bonds. The molecule has 1 N–H and O–H groups in total. The summed E-state index contributed by atoms with van der Waals surface area (Å²) in [6.07, 6.45) is -2.75. The molecule has 0 aromatic heterocycles. The van der Waals surface area contributed by atoms with Crippen molar-refractivity contribution in [1.29, 1.82) is 0 Å². The van der Waals surface area contributed by atoms with Gasteiger partial charge in [0.15, 0.2) is 18.1 Å². The Balaban J connectivity index is 1.57. The Morgan fingerprint density at radius 2 is 1.97 bits per heavy atom. The zero-order valence-electron chi connectivity index (χ0n) is 17.0. The van der Waals surface area contributed by atoms with Crippen molar-refractivity contribution in [3.63, 3.8) is 0 Å². The molecule has 0 aliphatic carbocycles. The number of anilines is 2. The maximum atomic E-state index is 12.4. The summed E-state index contributed by atoms with van der Waals surface area (Å²) in [6, 6.07) is 10.6. The Hall–Kier alpha value is -2.90. The van der Waals surface area contributed by atoms with Crippen LogP contribution in [-0.4, -0.2) is 38.9 Å². The third kappa shape index (κ3) is 5.58. The maximum absolute atomic E-state index is 12.4. The van der Waals surface area contributed by atoms with Gasteiger partial charge in [-0.1, -0.05) is 12.1 Å². The van der Waals surface area contributed by atoms with Gasteiger partial charge in [-0.15, -0.1) is 0 Å². The van der Waals surface area contributed by atoms with Crippen LogP contribution in [0.1, 0.15) is 24.5 Å². The largest absolute Gasteiger partial charge is 0.493 e. The Morgan fingerprint density at radius 3 is 2.67 bits per heavy atom. The first kappa shape index (κ1) is 21.8. The van der Waals surface area contributed by atoms with Crippen LogP contribution in [0.2, 0.25) is 0 Å². The second-order valence-electron chi connectivity index (χ2n) is 7.11. The SMILES string of the molecule is CCN1CCc2ccc(NC(=O)CCc3ccc(OCC(F)(F)F)c(OC)c3)cc21. The third-order valence-electron chi connectivity index (χ3n) is 5.00. The first-order valence-corrected chi connectivity index (χ1v) is 9.83. The number of carbonyl (C=O) groups excluding carboxylic acids is 1. The van der Waals surface area contributed by atoms with Crippen molar-refractivity contribution in [3.8, 4) is 11.5 Å². The van der Waals surface area contributed by atoms with Gasteiger partial charge in [0, 0.05) is 30.9 Å². The summed E-state index contributed by atoms with van der Waals surface area (Å²) in [5.41, 5.74) is 3.98. The molecule has 0 fully saturated rings. The molecule has 162 valence electrons. The zero-order valence-corrected chi connectivity index (χ0v) is 17.0. The Bertz CT molecular complexity index is 900. The number of likely N-dealkylation sites (N-methyl/N-ethyl adjacent to an activating group) is 1. The molecule has 0 saturated carbocycles. The molecule has 3 rings (SSSR count). The number of hydrogen-bond acceptors (Lipinski definition) is 4. The molecule has 1 heterocycles. The zero-order chi connectivity index (χ0) is 21.7.